The van der Waals surface area contributed by atoms with Gasteiger partial charge in [0.25, 0.3) is 0 Å². The number of amides is 1. The van der Waals surface area contributed by atoms with Crippen molar-refractivity contribution in [2.24, 2.45) is 0 Å². The van der Waals surface area contributed by atoms with E-state index in [9.17, 15) is 14.7 Å². The van der Waals surface area contributed by atoms with E-state index >= 15 is 0 Å². The maximum Gasteiger partial charge on any atom is 0.326 e. The maximum absolute atomic E-state index is 12.7. The predicted octanol–water partition coefficient (Wildman–Crippen LogP) is 5.32. The fourth-order valence-electron chi connectivity index (χ4n) is 4.54. The van der Waals surface area contributed by atoms with Gasteiger partial charge in [0.15, 0.2) is 0 Å². The van der Waals surface area contributed by atoms with E-state index < -0.39 is 12.0 Å². The molecule has 182 valence electrons. The molecule has 36 heavy (non-hydrogen) atoms. The molecule has 1 atom stereocenters. The van der Waals surface area contributed by atoms with Crippen LogP contribution in [0.25, 0.3) is 22.2 Å². The number of carbonyl (C=O) groups is 2. The van der Waals surface area contributed by atoms with Crippen LogP contribution in [0.5, 0.6) is 17.2 Å². The summed E-state index contributed by atoms with van der Waals surface area (Å²) in [7, 11) is 1.62. The SMILES string of the molecule is COc1ccc2c(Oc3ccc(CC(=O)N4CCCC4C(=O)O)cc3)cc(-c3ccccc3)nc2c1. The number of rotatable bonds is 7. The van der Waals surface area contributed by atoms with E-state index in [2.05, 4.69) is 0 Å². The van der Waals surface area contributed by atoms with Crippen LogP contribution in [0, 0.1) is 0 Å². The number of fused-ring (bicyclic) bond motifs is 1. The first-order valence-electron chi connectivity index (χ1n) is 11.8. The zero-order valence-corrected chi connectivity index (χ0v) is 19.9. The van der Waals surface area contributed by atoms with Crippen molar-refractivity contribution in [2.45, 2.75) is 25.3 Å². The Bertz CT molecular complexity index is 1400. The van der Waals surface area contributed by atoms with Gasteiger partial charge in [-0.1, -0.05) is 42.5 Å². The number of aliphatic carboxylic acids is 1. The lowest BCUT2D eigenvalue weighted by Crippen LogP contribution is -2.41. The van der Waals surface area contributed by atoms with E-state index in [0.29, 0.717) is 36.6 Å². The largest absolute Gasteiger partial charge is 0.497 e. The molecule has 1 unspecified atom stereocenters. The van der Waals surface area contributed by atoms with Gasteiger partial charge in [0, 0.05) is 29.6 Å². The van der Waals surface area contributed by atoms with Gasteiger partial charge in [-0.3, -0.25) is 4.79 Å². The lowest BCUT2D eigenvalue weighted by molar-refractivity contribution is -0.148. The summed E-state index contributed by atoms with van der Waals surface area (Å²) in [6.45, 7) is 0.487. The summed E-state index contributed by atoms with van der Waals surface area (Å²) in [5, 5.41) is 10.2. The summed E-state index contributed by atoms with van der Waals surface area (Å²) >= 11 is 0. The average Bonchev–Trinajstić information content (AvgIpc) is 3.41. The Morgan fingerprint density at radius 1 is 1.00 bits per heavy atom. The lowest BCUT2D eigenvalue weighted by atomic mass is 10.1. The first kappa shape index (κ1) is 23.4. The standard InChI is InChI=1S/C29H26N2O5/c1-35-22-13-14-23-25(17-22)30-24(20-6-3-2-4-7-20)18-27(23)36-21-11-9-19(10-12-21)16-28(32)31-15-5-8-26(31)29(33)34/h2-4,6-7,9-14,17-18,26H,5,8,15-16H2,1H3,(H,33,34). The van der Waals surface area contributed by atoms with Crippen molar-refractivity contribution < 1.29 is 24.2 Å². The van der Waals surface area contributed by atoms with Crippen LogP contribution in [0.2, 0.25) is 0 Å². The number of pyridine rings is 1. The molecule has 0 radical (unpaired) electrons. The summed E-state index contributed by atoms with van der Waals surface area (Å²) in [6.07, 6.45) is 1.37. The van der Waals surface area contributed by atoms with Gasteiger partial charge >= 0.3 is 5.97 Å². The monoisotopic (exact) mass is 482 g/mol. The van der Waals surface area contributed by atoms with Crippen LogP contribution in [-0.2, 0) is 16.0 Å². The third kappa shape index (κ3) is 4.86. The van der Waals surface area contributed by atoms with Crippen LogP contribution in [-0.4, -0.2) is 46.6 Å². The number of carboxylic acids is 1. The van der Waals surface area contributed by atoms with Crippen molar-refractivity contribution in [1.82, 2.24) is 9.88 Å². The minimum Gasteiger partial charge on any atom is -0.497 e. The van der Waals surface area contributed by atoms with Crippen LogP contribution in [0.1, 0.15) is 18.4 Å². The molecule has 5 rings (SSSR count). The van der Waals surface area contributed by atoms with Crippen LogP contribution >= 0.6 is 0 Å². The molecule has 4 aromatic rings. The summed E-state index contributed by atoms with van der Waals surface area (Å²) in [4.78, 5) is 30.4. The zero-order chi connectivity index (χ0) is 25.1. The average molecular weight is 483 g/mol. The maximum atomic E-state index is 12.7. The molecule has 0 saturated carbocycles. The predicted molar refractivity (Wildman–Crippen MR) is 136 cm³/mol. The third-order valence-corrected chi connectivity index (χ3v) is 6.41. The Balaban J connectivity index is 1.39. The number of ether oxygens (including phenoxy) is 2. The Kier molecular flexibility index (Phi) is 6.54. The number of nitrogens with zero attached hydrogens (tertiary/aromatic N) is 2. The third-order valence-electron chi connectivity index (χ3n) is 6.41. The number of hydrogen-bond acceptors (Lipinski definition) is 5. The van der Waals surface area contributed by atoms with Crippen molar-refractivity contribution in [3.05, 3.63) is 84.4 Å². The molecule has 1 amide bonds. The second-order valence-corrected chi connectivity index (χ2v) is 8.76. The van der Waals surface area contributed by atoms with Crippen molar-refractivity contribution in [1.29, 1.82) is 0 Å². The van der Waals surface area contributed by atoms with Gasteiger partial charge in [-0.15, -0.1) is 0 Å². The second-order valence-electron chi connectivity index (χ2n) is 8.76. The molecule has 1 fully saturated rings. The Morgan fingerprint density at radius 2 is 1.75 bits per heavy atom. The molecule has 1 aromatic heterocycles. The summed E-state index contributed by atoms with van der Waals surface area (Å²) in [6, 6.07) is 24.1. The van der Waals surface area contributed by atoms with Gasteiger partial charge in [-0.2, -0.15) is 0 Å². The van der Waals surface area contributed by atoms with Gasteiger partial charge < -0.3 is 19.5 Å². The minimum atomic E-state index is -0.943. The Labute approximate surface area is 208 Å². The minimum absolute atomic E-state index is 0.153. The van der Waals surface area contributed by atoms with Crippen LogP contribution in [0.15, 0.2) is 78.9 Å². The molecule has 1 aliphatic heterocycles. The van der Waals surface area contributed by atoms with Crippen LogP contribution < -0.4 is 9.47 Å². The fraction of sp³-hybridized carbons (Fsp3) is 0.207. The van der Waals surface area contributed by atoms with Gasteiger partial charge in [-0.05, 0) is 42.7 Å². The van der Waals surface area contributed by atoms with Crippen LogP contribution in [0.3, 0.4) is 0 Å². The van der Waals surface area contributed by atoms with E-state index in [-0.39, 0.29) is 12.3 Å². The lowest BCUT2D eigenvalue weighted by Gasteiger charge is -2.21. The number of aromatic nitrogens is 1. The highest BCUT2D eigenvalue weighted by molar-refractivity contribution is 5.89. The van der Waals surface area contributed by atoms with Gasteiger partial charge in [0.2, 0.25) is 5.91 Å². The summed E-state index contributed by atoms with van der Waals surface area (Å²) in [5.74, 6) is 0.880. The van der Waals surface area contributed by atoms with E-state index in [4.69, 9.17) is 14.5 Å². The molecule has 0 spiro atoms. The van der Waals surface area contributed by atoms with Crippen molar-refractivity contribution in [3.63, 3.8) is 0 Å². The van der Waals surface area contributed by atoms with Crippen molar-refractivity contribution in [3.8, 4) is 28.5 Å². The topological polar surface area (TPSA) is 89.0 Å². The quantitative estimate of drug-likeness (QED) is 0.384. The number of carboxylic acid groups (broad SMARTS) is 1. The molecule has 1 saturated heterocycles. The molecule has 7 heteroatoms. The highest BCUT2D eigenvalue weighted by atomic mass is 16.5. The van der Waals surface area contributed by atoms with Gasteiger partial charge in [-0.25, -0.2) is 9.78 Å². The molecule has 7 nitrogen and oxygen atoms in total. The normalized spacial score (nSPS) is 15.1. The molecule has 2 heterocycles. The molecule has 0 bridgehead atoms. The molecule has 1 aliphatic rings. The van der Waals surface area contributed by atoms with Crippen molar-refractivity contribution >= 4 is 22.8 Å². The molecular weight excluding hydrogens is 456 g/mol. The highest BCUT2D eigenvalue weighted by Gasteiger charge is 2.33. The first-order chi connectivity index (χ1) is 17.5. The zero-order valence-electron chi connectivity index (χ0n) is 19.9. The van der Waals surface area contributed by atoms with E-state index in [1.807, 2.05) is 78.9 Å². The first-order valence-corrected chi connectivity index (χ1v) is 11.8. The summed E-state index contributed by atoms with van der Waals surface area (Å²) < 4.78 is 11.7. The Hall–Kier alpha value is -4.39. The van der Waals surface area contributed by atoms with E-state index in [1.165, 1.54) is 4.90 Å². The van der Waals surface area contributed by atoms with Crippen LogP contribution in [0.4, 0.5) is 0 Å². The fourth-order valence-corrected chi connectivity index (χ4v) is 4.54. The molecular formula is C29H26N2O5. The number of carbonyl (C=O) groups excluding carboxylic acids is 1. The number of benzene rings is 3. The molecule has 0 aliphatic carbocycles. The van der Waals surface area contributed by atoms with Gasteiger partial charge in [0.05, 0.1) is 24.7 Å². The van der Waals surface area contributed by atoms with E-state index in [0.717, 1.165) is 27.7 Å². The van der Waals surface area contributed by atoms with Gasteiger partial charge in [0.1, 0.15) is 23.3 Å². The highest BCUT2D eigenvalue weighted by Crippen LogP contribution is 2.35. The molecule has 1 N–H and O–H groups in total. The molecule has 3 aromatic carbocycles. The smallest absolute Gasteiger partial charge is 0.326 e. The number of likely N-dealkylation sites (tertiary alicyclic amines) is 1. The number of hydrogen-bond donors (Lipinski definition) is 1. The Morgan fingerprint density at radius 3 is 2.47 bits per heavy atom. The van der Waals surface area contributed by atoms with E-state index in [1.54, 1.807) is 7.11 Å². The summed E-state index contributed by atoms with van der Waals surface area (Å²) in [5.41, 5.74) is 3.32. The second kappa shape index (κ2) is 10.1. The number of methoxy groups -OCH3 is 1. The van der Waals surface area contributed by atoms with Crippen molar-refractivity contribution in [2.75, 3.05) is 13.7 Å².